The molecule has 0 saturated carbocycles. The lowest BCUT2D eigenvalue weighted by atomic mass is 10.0. The molecule has 0 spiro atoms. The van der Waals surface area contributed by atoms with Gasteiger partial charge in [0, 0.05) is 12.1 Å². The van der Waals surface area contributed by atoms with Crippen LogP contribution in [-0.4, -0.2) is 13.2 Å². The van der Waals surface area contributed by atoms with Crippen molar-refractivity contribution >= 4 is 0 Å². The van der Waals surface area contributed by atoms with Gasteiger partial charge in [0.15, 0.2) is 11.5 Å². The minimum absolute atomic E-state index is 0.337. The molecule has 0 aliphatic rings. The highest BCUT2D eigenvalue weighted by Crippen LogP contribution is 2.32. The minimum atomic E-state index is 0.337. The molecule has 0 heterocycles. The summed E-state index contributed by atoms with van der Waals surface area (Å²) in [6.45, 7) is 9.97. The molecule has 0 radical (unpaired) electrons. The molecule has 0 aromatic heterocycles. The number of nitriles is 2. The van der Waals surface area contributed by atoms with Crippen molar-refractivity contribution in [1.82, 2.24) is 0 Å². The molecule has 0 bridgehead atoms. The predicted molar refractivity (Wildman–Crippen MR) is 113 cm³/mol. The summed E-state index contributed by atoms with van der Waals surface area (Å²) in [7, 11) is 0. The molecule has 2 atom stereocenters. The van der Waals surface area contributed by atoms with E-state index >= 15 is 0 Å². The van der Waals surface area contributed by atoms with E-state index in [2.05, 4.69) is 39.8 Å². The fourth-order valence-corrected chi connectivity index (χ4v) is 3.18. The Kier molecular flexibility index (Phi) is 11.8. The molecule has 154 valence electrons. The molecule has 0 aliphatic carbocycles. The van der Waals surface area contributed by atoms with Crippen LogP contribution in [-0.2, 0) is 0 Å². The lowest BCUT2D eigenvalue weighted by Gasteiger charge is -2.20. The van der Waals surface area contributed by atoms with Crippen molar-refractivity contribution in [2.24, 2.45) is 11.8 Å². The molecule has 1 aromatic rings. The highest BCUT2D eigenvalue weighted by molar-refractivity contribution is 5.56. The Bertz CT molecular complexity index is 601. The molecule has 0 N–H and O–H groups in total. The van der Waals surface area contributed by atoms with E-state index < -0.39 is 0 Å². The smallest absolute Gasteiger partial charge is 0.162 e. The van der Waals surface area contributed by atoms with Crippen molar-refractivity contribution < 1.29 is 9.47 Å². The van der Waals surface area contributed by atoms with Gasteiger partial charge in [-0.25, -0.2) is 0 Å². The van der Waals surface area contributed by atoms with Gasteiger partial charge < -0.3 is 9.47 Å². The molecule has 1 rings (SSSR count). The van der Waals surface area contributed by atoms with Crippen molar-refractivity contribution in [2.45, 2.75) is 79.1 Å². The van der Waals surface area contributed by atoms with Gasteiger partial charge in [0.05, 0.1) is 24.3 Å². The second-order valence-corrected chi connectivity index (χ2v) is 7.52. The summed E-state index contributed by atoms with van der Waals surface area (Å²) < 4.78 is 12.2. The van der Waals surface area contributed by atoms with Crippen LogP contribution in [0.25, 0.3) is 0 Å². The van der Waals surface area contributed by atoms with Gasteiger partial charge in [-0.2, -0.15) is 10.5 Å². The number of hydrogen-bond acceptors (Lipinski definition) is 4. The number of ether oxygens (including phenoxy) is 2. The van der Waals surface area contributed by atoms with Crippen molar-refractivity contribution in [3.05, 3.63) is 23.3 Å². The van der Waals surface area contributed by atoms with Crippen LogP contribution in [0.1, 0.15) is 90.2 Å². The van der Waals surface area contributed by atoms with Gasteiger partial charge >= 0.3 is 0 Å². The molecule has 28 heavy (non-hydrogen) atoms. The monoisotopic (exact) mass is 384 g/mol. The number of nitrogens with zero attached hydrogens (tertiary/aromatic N) is 2. The van der Waals surface area contributed by atoms with Crippen molar-refractivity contribution in [3.8, 4) is 23.6 Å². The van der Waals surface area contributed by atoms with Crippen LogP contribution in [0, 0.1) is 34.5 Å². The summed E-state index contributed by atoms with van der Waals surface area (Å²) in [4.78, 5) is 0. The second kappa shape index (κ2) is 13.9. The Labute approximate surface area is 171 Å². The zero-order valence-electron chi connectivity index (χ0n) is 18.1. The first kappa shape index (κ1) is 23.8. The van der Waals surface area contributed by atoms with Crippen molar-refractivity contribution in [1.29, 1.82) is 10.5 Å². The Morgan fingerprint density at radius 1 is 0.750 bits per heavy atom. The summed E-state index contributed by atoms with van der Waals surface area (Å²) in [6.07, 6.45) is 9.14. The predicted octanol–water partition coefficient (Wildman–Crippen LogP) is 6.62. The first-order valence-corrected chi connectivity index (χ1v) is 10.9. The number of hydrogen-bond donors (Lipinski definition) is 0. The van der Waals surface area contributed by atoms with E-state index in [0.717, 1.165) is 25.7 Å². The Balaban J connectivity index is 2.95. The maximum Gasteiger partial charge on any atom is 0.162 e. The third-order valence-electron chi connectivity index (χ3n) is 5.36. The number of unbranched alkanes of at least 4 members (excludes halogenated alkanes) is 2. The molecule has 4 heteroatoms. The van der Waals surface area contributed by atoms with Crippen LogP contribution < -0.4 is 9.47 Å². The van der Waals surface area contributed by atoms with Gasteiger partial charge in [-0.05, 0) is 24.7 Å². The van der Waals surface area contributed by atoms with E-state index in [0.29, 0.717) is 47.7 Å². The van der Waals surface area contributed by atoms with Gasteiger partial charge in [0.1, 0.15) is 12.1 Å². The van der Waals surface area contributed by atoms with E-state index in [1.54, 1.807) is 12.1 Å². The topological polar surface area (TPSA) is 66.0 Å². The van der Waals surface area contributed by atoms with Crippen LogP contribution >= 0.6 is 0 Å². The number of benzene rings is 1. The molecule has 0 saturated heterocycles. The zero-order valence-corrected chi connectivity index (χ0v) is 18.1. The van der Waals surface area contributed by atoms with Crippen LogP contribution in [0.3, 0.4) is 0 Å². The molecule has 0 aliphatic heterocycles. The SMILES string of the molecule is CCCCC(CC)COc1cc(C#N)c(C#N)cc1OCC(CC)CCCC. The summed E-state index contributed by atoms with van der Waals surface area (Å²) in [5.74, 6) is 2.13. The van der Waals surface area contributed by atoms with Crippen LogP contribution in [0.2, 0.25) is 0 Å². The van der Waals surface area contributed by atoms with E-state index in [1.807, 2.05) is 0 Å². The van der Waals surface area contributed by atoms with Gasteiger partial charge in [-0.15, -0.1) is 0 Å². The van der Waals surface area contributed by atoms with Gasteiger partial charge in [0.25, 0.3) is 0 Å². The molecular formula is C24H36N2O2. The molecule has 0 fully saturated rings. The van der Waals surface area contributed by atoms with Gasteiger partial charge in [-0.3, -0.25) is 0 Å². The molecule has 1 aromatic carbocycles. The normalized spacial score (nSPS) is 12.6. The van der Waals surface area contributed by atoms with E-state index in [4.69, 9.17) is 9.47 Å². The third kappa shape index (κ3) is 7.81. The lowest BCUT2D eigenvalue weighted by molar-refractivity contribution is 0.199. The van der Waals surface area contributed by atoms with E-state index in [9.17, 15) is 10.5 Å². The van der Waals surface area contributed by atoms with Crippen LogP contribution in [0.5, 0.6) is 11.5 Å². The largest absolute Gasteiger partial charge is 0.489 e. The summed E-state index contributed by atoms with van der Waals surface area (Å²) >= 11 is 0. The lowest BCUT2D eigenvalue weighted by Crippen LogP contribution is -2.14. The maximum atomic E-state index is 9.36. The fourth-order valence-electron chi connectivity index (χ4n) is 3.18. The average Bonchev–Trinajstić information content (AvgIpc) is 2.73. The Morgan fingerprint density at radius 2 is 1.14 bits per heavy atom. The van der Waals surface area contributed by atoms with E-state index in [1.165, 1.54) is 25.7 Å². The second-order valence-electron chi connectivity index (χ2n) is 7.52. The zero-order chi connectivity index (χ0) is 20.8. The minimum Gasteiger partial charge on any atom is -0.489 e. The molecular weight excluding hydrogens is 348 g/mol. The molecule has 2 unspecified atom stereocenters. The fraction of sp³-hybridized carbons (Fsp3) is 0.667. The quantitative estimate of drug-likeness (QED) is 0.361. The maximum absolute atomic E-state index is 9.36. The van der Waals surface area contributed by atoms with Crippen molar-refractivity contribution in [2.75, 3.05) is 13.2 Å². The highest BCUT2D eigenvalue weighted by atomic mass is 16.5. The Hall–Kier alpha value is -2.20. The van der Waals surface area contributed by atoms with Crippen LogP contribution in [0.15, 0.2) is 12.1 Å². The van der Waals surface area contributed by atoms with E-state index in [-0.39, 0.29) is 0 Å². The molecule has 4 nitrogen and oxygen atoms in total. The third-order valence-corrected chi connectivity index (χ3v) is 5.36. The van der Waals surface area contributed by atoms with Gasteiger partial charge in [-0.1, -0.05) is 66.2 Å². The Morgan fingerprint density at radius 3 is 1.43 bits per heavy atom. The van der Waals surface area contributed by atoms with Crippen LogP contribution in [0.4, 0.5) is 0 Å². The first-order valence-electron chi connectivity index (χ1n) is 10.9. The summed E-state index contributed by atoms with van der Waals surface area (Å²) in [6, 6.07) is 7.51. The number of rotatable bonds is 14. The average molecular weight is 385 g/mol. The summed E-state index contributed by atoms with van der Waals surface area (Å²) in [5, 5.41) is 18.7. The van der Waals surface area contributed by atoms with Gasteiger partial charge in [0.2, 0.25) is 0 Å². The highest BCUT2D eigenvalue weighted by Gasteiger charge is 2.16. The first-order chi connectivity index (χ1) is 13.6. The van der Waals surface area contributed by atoms with Crippen molar-refractivity contribution in [3.63, 3.8) is 0 Å². The molecule has 0 amide bonds. The standard InChI is InChI=1S/C24H36N2O2/c1-5-9-11-19(7-3)17-27-23-13-21(15-25)22(16-26)14-24(23)28-18-20(8-4)12-10-6-2/h13-14,19-20H,5-12,17-18H2,1-4H3. The summed E-state index contributed by atoms with van der Waals surface area (Å²) in [5.41, 5.74) is 0.675.